The van der Waals surface area contributed by atoms with Gasteiger partial charge in [0.25, 0.3) is 0 Å². The van der Waals surface area contributed by atoms with Gasteiger partial charge in [-0.15, -0.1) is 0 Å². The van der Waals surface area contributed by atoms with Gasteiger partial charge in [0.2, 0.25) is 0 Å². The zero-order chi connectivity index (χ0) is 11.9. The molecule has 0 aromatic rings. The maximum absolute atomic E-state index is 11.4. The maximum atomic E-state index is 11.4. The van der Waals surface area contributed by atoms with Crippen molar-refractivity contribution >= 4 is 6.09 Å². The number of hydrogen-bond donors (Lipinski definition) is 2. The van der Waals surface area contributed by atoms with Gasteiger partial charge in [-0.05, 0) is 37.3 Å². The van der Waals surface area contributed by atoms with Gasteiger partial charge < -0.3 is 15.3 Å². The number of rotatable bonds is 0. The van der Waals surface area contributed by atoms with Crippen LogP contribution < -0.4 is 5.32 Å². The number of nitrogens with zero attached hydrogens (tertiary/aromatic N) is 1. The molecule has 2 N–H and O–H groups in total. The molecule has 0 spiro atoms. The molecule has 1 amide bonds. The number of piperidine rings is 1. The van der Waals surface area contributed by atoms with E-state index in [-0.39, 0.29) is 17.5 Å². The van der Waals surface area contributed by atoms with Crippen LogP contribution in [0.3, 0.4) is 0 Å². The van der Waals surface area contributed by atoms with Crippen molar-refractivity contribution in [3.05, 3.63) is 0 Å². The number of likely N-dealkylation sites (tertiary alicyclic amines) is 1. The zero-order valence-electron chi connectivity index (χ0n) is 10.4. The van der Waals surface area contributed by atoms with Gasteiger partial charge in [-0.2, -0.15) is 0 Å². The van der Waals surface area contributed by atoms with Crippen LogP contribution in [0.1, 0.15) is 33.6 Å². The molecule has 0 aromatic carbocycles. The van der Waals surface area contributed by atoms with E-state index in [9.17, 15) is 9.90 Å². The third-order valence-corrected chi connectivity index (χ3v) is 4.01. The van der Waals surface area contributed by atoms with Crippen LogP contribution in [-0.4, -0.2) is 41.3 Å². The molecule has 0 aromatic heterocycles. The van der Waals surface area contributed by atoms with Gasteiger partial charge in [0.05, 0.1) is 0 Å². The maximum Gasteiger partial charge on any atom is 0.407 e. The molecule has 2 saturated heterocycles. The summed E-state index contributed by atoms with van der Waals surface area (Å²) in [4.78, 5) is 13.1. The minimum atomic E-state index is -0.741. The molecular formula is C12H22N2O2. The van der Waals surface area contributed by atoms with E-state index in [1.54, 1.807) is 4.90 Å². The second-order valence-corrected chi connectivity index (χ2v) is 6.13. The monoisotopic (exact) mass is 226 g/mol. The molecule has 0 saturated carbocycles. The minimum absolute atomic E-state index is 0.0374. The van der Waals surface area contributed by atoms with Crippen LogP contribution in [0.4, 0.5) is 4.79 Å². The van der Waals surface area contributed by atoms with Gasteiger partial charge in [0, 0.05) is 12.1 Å². The summed E-state index contributed by atoms with van der Waals surface area (Å²) in [5.74, 6) is 0.508. The normalized spacial score (nSPS) is 34.9. The number of nitrogens with one attached hydrogen (secondary N) is 1. The molecule has 0 radical (unpaired) electrons. The summed E-state index contributed by atoms with van der Waals surface area (Å²) < 4.78 is 0. The number of carboxylic acid groups (broad SMARTS) is 1. The van der Waals surface area contributed by atoms with E-state index in [1.807, 2.05) is 0 Å². The molecule has 2 fully saturated rings. The second kappa shape index (κ2) is 3.91. The van der Waals surface area contributed by atoms with Crippen molar-refractivity contribution < 1.29 is 9.90 Å². The van der Waals surface area contributed by atoms with Crippen molar-refractivity contribution in [3.8, 4) is 0 Å². The number of amides is 1. The topological polar surface area (TPSA) is 52.6 Å². The summed E-state index contributed by atoms with van der Waals surface area (Å²) in [7, 11) is 0. The van der Waals surface area contributed by atoms with Crippen molar-refractivity contribution in [2.24, 2.45) is 11.3 Å². The third kappa shape index (κ3) is 1.90. The predicted octanol–water partition coefficient (Wildman–Crippen LogP) is 1.76. The Hall–Kier alpha value is -0.770. The van der Waals surface area contributed by atoms with Crippen LogP contribution in [0.25, 0.3) is 0 Å². The molecule has 2 aliphatic heterocycles. The van der Waals surface area contributed by atoms with E-state index in [0.717, 1.165) is 25.9 Å². The number of carbonyl (C=O) groups is 1. The lowest BCUT2D eigenvalue weighted by Crippen LogP contribution is -2.49. The van der Waals surface area contributed by atoms with Crippen molar-refractivity contribution in [1.82, 2.24) is 10.2 Å². The summed E-state index contributed by atoms with van der Waals surface area (Å²) in [6.45, 7) is 8.33. The number of hydrogen-bond acceptors (Lipinski definition) is 2. The quantitative estimate of drug-likeness (QED) is 0.662. The fraction of sp³-hybridized carbons (Fsp3) is 0.917. The van der Waals surface area contributed by atoms with E-state index in [0.29, 0.717) is 5.92 Å². The van der Waals surface area contributed by atoms with Crippen LogP contribution in [0.2, 0.25) is 0 Å². The molecule has 0 aliphatic carbocycles. The second-order valence-electron chi connectivity index (χ2n) is 6.13. The highest BCUT2D eigenvalue weighted by atomic mass is 16.4. The van der Waals surface area contributed by atoms with Crippen molar-refractivity contribution in [2.75, 3.05) is 13.1 Å². The molecule has 4 nitrogen and oxygen atoms in total. The summed E-state index contributed by atoms with van der Waals surface area (Å²) in [5, 5.41) is 12.8. The first-order valence-electron chi connectivity index (χ1n) is 6.13. The lowest BCUT2D eigenvalue weighted by atomic mass is 9.83. The van der Waals surface area contributed by atoms with E-state index >= 15 is 0 Å². The van der Waals surface area contributed by atoms with E-state index < -0.39 is 6.09 Å². The Morgan fingerprint density at radius 3 is 2.69 bits per heavy atom. The largest absolute Gasteiger partial charge is 0.465 e. The molecular weight excluding hydrogens is 204 g/mol. The van der Waals surface area contributed by atoms with Crippen molar-refractivity contribution in [2.45, 2.75) is 45.7 Å². The van der Waals surface area contributed by atoms with Crippen LogP contribution in [0.5, 0.6) is 0 Å². The Morgan fingerprint density at radius 1 is 1.44 bits per heavy atom. The average Bonchev–Trinajstić information content (AvgIpc) is 2.55. The van der Waals surface area contributed by atoms with Crippen molar-refractivity contribution in [1.29, 1.82) is 0 Å². The molecule has 3 atom stereocenters. The third-order valence-electron chi connectivity index (χ3n) is 4.01. The first-order valence-corrected chi connectivity index (χ1v) is 6.13. The highest BCUT2D eigenvalue weighted by Crippen LogP contribution is 2.41. The molecule has 0 bridgehead atoms. The fourth-order valence-corrected chi connectivity index (χ4v) is 3.19. The Bertz CT molecular complexity index is 285. The lowest BCUT2D eigenvalue weighted by molar-refractivity contribution is 0.0799. The Kier molecular flexibility index (Phi) is 2.86. The highest BCUT2D eigenvalue weighted by molar-refractivity contribution is 5.66. The number of fused-ring (bicyclic) bond motifs is 1. The Morgan fingerprint density at radius 2 is 2.12 bits per heavy atom. The first-order chi connectivity index (χ1) is 7.41. The van der Waals surface area contributed by atoms with Crippen LogP contribution in [0.15, 0.2) is 0 Å². The van der Waals surface area contributed by atoms with E-state index in [1.165, 1.54) is 0 Å². The molecule has 2 heterocycles. The van der Waals surface area contributed by atoms with Gasteiger partial charge in [-0.1, -0.05) is 20.8 Å². The van der Waals surface area contributed by atoms with Gasteiger partial charge in [0.1, 0.15) is 0 Å². The first kappa shape index (κ1) is 11.7. The Labute approximate surface area is 97.0 Å². The summed E-state index contributed by atoms with van der Waals surface area (Å²) >= 11 is 0. The van der Waals surface area contributed by atoms with Gasteiger partial charge >= 0.3 is 6.09 Å². The smallest absolute Gasteiger partial charge is 0.407 e. The molecule has 2 aliphatic rings. The van der Waals surface area contributed by atoms with Gasteiger partial charge in [0.15, 0.2) is 0 Å². The zero-order valence-corrected chi connectivity index (χ0v) is 10.4. The van der Waals surface area contributed by atoms with E-state index in [4.69, 9.17) is 0 Å². The summed E-state index contributed by atoms with van der Waals surface area (Å²) in [6.07, 6.45) is 1.23. The molecule has 2 rings (SSSR count). The fourth-order valence-electron chi connectivity index (χ4n) is 3.19. The summed E-state index contributed by atoms with van der Waals surface area (Å²) in [6, 6.07) is 0.405. The summed E-state index contributed by atoms with van der Waals surface area (Å²) in [5.41, 5.74) is 0.0374. The molecule has 16 heavy (non-hydrogen) atoms. The Balaban J connectivity index is 2.23. The predicted molar refractivity (Wildman–Crippen MR) is 62.5 cm³/mol. The lowest BCUT2D eigenvalue weighted by Gasteiger charge is -2.37. The van der Waals surface area contributed by atoms with Crippen LogP contribution >= 0.6 is 0 Å². The van der Waals surface area contributed by atoms with Gasteiger partial charge in [-0.3, -0.25) is 0 Å². The highest BCUT2D eigenvalue weighted by Gasteiger charge is 2.48. The molecule has 4 heteroatoms. The molecule has 92 valence electrons. The molecule has 1 unspecified atom stereocenters. The standard InChI is InChI=1S/C12H22N2O2/c1-12(2,3)10-6-8-7-13-5-4-9(8)14(10)11(15)16/h8-10,13H,4-7H2,1-3H3,(H,15,16)/t8-,9+,10?/m0/s1. The van der Waals surface area contributed by atoms with Crippen LogP contribution in [-0.2, 0) is 0 Å². The van der Waals surface area contributed by atoms with E-state index in [2.05, 4.69) is 26.1 Å². The minimum Gasteiger partial charge on any atom is -0.465 e. The van der Waals surface area contributed by atoms with Crippen molar-refractivity contribution in [3.63, 3.8) is 0 Å². The SMILES string of the molecule is CC(C)(C)C1C[C@H]2CNCC[C@H]2N1C(=O)O. The van der Waals surface area contributed by atoms with Crippen LogP contribution in [0, 0.1) is 11.3 Å². The van der Waals surface area contributed by atoms with Gasteiger partial charge in [-0.25, -0.2) is 4.79 Å². The average molecular weight is 226 g/mol.